The van der Waals surface area contributed by atoms with E-state index >= 15 is 0 Å². The van der Waals surface area contributed by atoms with Crippen LogP contribution in [-0.2, 0) is 0 Å². The Kier molecular flexibility index (Phi) is 4.45. The third-order valence-electron chi connectivity index (χ3n) is 3.71. The van der Waals surface area contributed by atoms with Crippen molar-refractivity contribution in [3.05, 3.63) is 22.1 Å². The number of ether oxygens (including phenoxy) is 1. The van der Waals surface area contributed by atoms with E-state index in [-0.39, 0.29) is 5.56 Å². The lowest BCUT2D eigenvalue weighted by molar-refractivity contribution is -0.0654. The minimum atomic E-state index is -0.792. The van der Waals surface area contributed by atoms with Crippen LogP contribution in [0, 0.1) is 0 Å². The lowest BCUT2D eigenvalue weighted by atomic mass is 9.87. The summed E-state index contributed by atoms with van der Waals surface area (Å²) in [5, 5.41) is 19.9. The molecule has 2 atom stereocenters. The van der Waals surface area contributed by atoms with Crippen molar-refractivity contribution in [3.8, 4) is 5.75 Å². The largest absolute Gasteiger partial charge is 0.483 e. The van der Waals surface area contributed by atoms with E-state index in [4.69, 9.17) is 4.74 Å². The second kappa shape index (κ2) is 5.93. The first-order valence-corrected chi connectivity index (χ1v) is 7.15. The number of aromatic nitrogens is 2. The first-order valence-electron chi connectivity index (χ1n) is 7.15. The number of nitrogens with one attached hydrogen (secondary N) is 2. The summed E-state index contributed by atoms with van der Waals surface area (Å²) in [6.45, 7) is 6.51. The molecule has 2 rings (SSSR count). The van der Waals surface area contributed by atoms with Crippen molar-refractivity contribution in [2.24, 2.45) is 0 Å². The van der Waals surface area contributed by atoms with Crippen LogP contribution in [0.5, 0.6) is 5.75 Å². The van der Waals surface area contributed by atoms with Gasteiger partial charge in [-0.05, 0) is 26.8 Å². The topological polar surface area (TPSA) is 87.2 Å². The van der Waals surface area contributed by atoms with Crippen molar-refractivity contribution in [1.29, 1.82) is 0 Å². The molecule has 0 saturated carbocycles. The van der Waals surface area contributed by atoms with Gasteiger partial charge in [0.05, 0.1) is 17.8 Å². The first kappa shape index (κ1) is 15.0. The SMILES string of the molecule is CCCCCNC1c2c(cn[nH]c2=O)OC(C)(C)C1O. The van der Waals surface area contributed by atoms with Gasteiger partial charge in [-0.3, -0.25) is 4.79 Å². The standard InChI is InChI=1S/C14H23N3O3/c1-4-5-6-7-15-11-10-9(8-16-17-13(10)19)20-14(2,3)12(11)18/h8,11-12,15,18H,4-7H2,1-3H3,(H,17,19). The Bertz CT molecular complexity index is 513. The molecule has 0 saturated heterocycles. The van der Waals surface area contributed by atoms with Gasteiger partial charge in [0, 0.05) is 0 Å². The summed E-state index contributed by atoms with van der Waals surface area (Å²) in [5.74, 6) is 0.442. The summed E-state index contributed by atoms with van der Waals surface area (Å²) in [7, 11) is 0. The highest BCUT2D eigenvalue weighted by atomic mass is 16.5. The lowest BCUT2D eigenvalue weighted by Crippen LogP contribution is -2.54. The average molecular weight is 281 g/mol. The van der Waals surface area contributed by atoms with Crippen molar-refractivity contribution in [2.75, 3.05) is 6.54 Å². The van der Waals surface area contributed by atoms with Gasteiger partial charge in [0.15, 0.2) is 5.75 Å². The van der Waals surface area contributed by atoms with Gasteiger partial charge in [0.1, 0.15) is 11.7 Å². The summed E-state index contributed by atoms with van der Waals surface area (Å²) >= 11 is 0. The fourth-order valence-electron chi connectivity index (χ4n) is 2.52. The molecule has 0 aliphatic carbocycles. The number of fused-ring (bicyclic) bond motifs is 1. The van der Waals surface area contributed by atoms with Crippen LogP contribution in [0.3, 0.4) is 0 Å². The molecule has 0 spiro atoms. The van der Waals surface area contributed by atoms with Crippen molar-refractivity contribution < 1.29 is 9.84 Å². The summed E-state index contributed by atoms with van der Waals surface area (Å²) in [4.78, 5) is 12.0. The molecule has 0 bridgehead atoms. The summed E-state index contributed by atoms with van der Waals surface area (Å²) in [6, 6.07) is -0.433. The maximum absolute atomic E-state index is 12.0. The molecule has 6 heteroatoms. The van der Waals surface area contributed by atoms with Gasteiger partial charge in [0.2, 0.25) is 0 Å². The van der Waals surface area contributed by atoms with E-state index in [9.17, 15) is 9.90 Å². The van der Waals surface area contributed by atoms with Crippen LogP contribution in [0.1, 0.15) is 51.6 Å². The predicted molar refractivity (Wildman–Crippen MR) is 75.8 cm³/mol. The zero-order chi connectivity index (χ0) is 14.8. The van der Waals surface area contributed by atoms with Crippen LogP contribution in [0.2, 0.25) is 0 Å². The second-order valence-corrected chi connectivity index (χ2v) is 5.77. The Labute approximate surface area is 118 Å². The molecule has 1 aromatic heterocycles. The van der Waals surface area contributed by atoms with Crippen molar-refractivity contribution in [3.63, 3.8) is 0 Å². The number of hydrogen-bond acceptors (Lipinski definition) is 5. The molecule has 3 N–H and O–H groups in total. The van der Waals surface area contributed by atoms with E-state index in [0.717, 1.165) is 25.8 Å². The Morgan fingerprint density at radius 1 is 1.50 bits per heavy atom. The minimum Gasteiger partial charge on any atom is -0.483 e. The molecule has 2 unspecified atom stereocenters. The van der Waals surface area contributed by atoms with Crippen LogP contribution in [-0.4, -0.2) is 33.6 Å². The molecule has 0 aromatic carbocycles. The van der Waals surface area contributed by atoms with Gasteiger partial charge in [-0.2, -0.15) is 5.10 Å². The zero-order valence-electron chi connectivity index (χ0n) is 12.3. The van der Waals surface area contributed by atoms with Gasteiger partial charge in [-0.15, -0.1) is 0 Å². The molecule has 1 aromatic rings. The van der Waals surface area contributed by atoms with E-state index in [1.807, 2.05) is 13.8 Å². The number of rotatable bonds is 5. The van der Waals surface area contributed by atoms with Gasteiger partial charge >= 0.3 is 0 Å². The second-order valence-electron chi connectivity index (χ2n) is 5.77. The van der Waals surface area contributed by atoms with Crippen molar-refractivity contribution >= 4 is 0 Å². The average Bonchev–Trinajstić information content (AvgIpc) is 2.38. The number of aromatic amines is 1. The minimum absolute atomic E-state index is 0.315. The van der Waals surface area contributed by atoms with Gasteiger partial charge in [0.25, 0.3) is 5.56 Å². The number of nitrogens with zero attached hydrogens (tertiary/aromatic N) is 1. The summed E-state index contributed by atoms with van der Waals surface area (Å²) in [5.41, 5.74) is -0.640. The van der Waals surface area contributed by atoms with E-state index in [0.29, 0.717) is 11.3 Å². The smallest absolute Gasteiger partial charge is 0.272 e. The number of unbranched alkanes of at least 4 members (excludes halogenated alkanes) is 2. The Morgan fingerprint density at radius 3 is 2.95 bits per heavy atom. The molecule has 20 heavy (non-hydrogen) atoms. The Balaban J connectivity index is 2.26. The number of H-pyrrole nitrogens is 1. The first-order chi connectivity index (χ1) is 9.47. The van der Waals surface area contributed by atoms with Gasteiger partial charge < -0.3 is 15.2 Å². The molecular formula is C14H23N3O3. The lowest BCUT2D eigenvalue weighted by Gasteiger charge is -2.41. The molecule has 1 aliphatic heterocycles. The fraction of sp³-hybridized carbons (Fsp3) is 0.714. The number of aliphatic hydroxyl groups is 1. The predicted octanol–water partition coefficient (Wildman–Crippen LogP) is 1.12. The molecule has 0 fully saturated rings. The third kappa shape index (κ3) is 2.86. The monoisotopic (exact) mass is 281 g/mol. The maximum Gasteiger partial charge on any atom is 0.272 e. The van der Waals surface area contributed by atoms with E-state index in [1.54, 1.807) is 0 Å². The van der Waals surface area contributed by atoms with Crippen LogP contribution in [0.4, 0.5) is 0 Å². The van der Waals surface area contributed by atoms with Crippen LogP contribution >= 0.6 is 0 Å². The van der Waals surface area contributed by atoms with E-state index in [1.165, 1.54) is 6.20 Å². The fourth-order valence-corrected chi connectivity index (χ4v) is 2.52. The number of aliphatic hydroxyl groups excluding tert-OH is 1. The molecule has 6 nitrogen and oxygen atoms in total. The third-order valence-corrected chi connectivity index (χ3v) is 3.71. The maximum atomic E-state index is 12.0. The Hall–Kier alpha value is -1.40. The van der Waals surface area contributed by atoms with E-state index in [2.05, 4.69) is 22.4 Å². The van der Waals surface area contributed by atoms with Gasteiger partial charge in [-0.25, -0.2) is 5.10 Å². The highest BCUT2D eigenvalue weighted by molar-refractivity contribution is 5.36. The van der Waals surface area contributed by atoms with Crippen molar-refractivity contribution in [2.45, 2.75) is 57.8 Å². The molecule has 1 aliphatic rings. The molecule has 0 radical (unpaired) electrons. The zero-order valence-corrected chi connectivity index (χ0v) is 12.3. The molecule has 2 heterocycles. The highest BCUT2D eigenvalue weighted by Gasteiger charge is 2.44. The Morgan fingerprint density at radius 2 is 2.25 bits per heavy atom. The molecular weight excluding hydrogens is 258 g/mol. The summed E-state index contributed by atoms with van der Waals surface area (Å²) in [6.07, 6.45) is 3.96. The van der Waals surface area contributed by atoms with Crippen molar-refractivity contribution in [1.82, 2.24) is 15.5 Å². The van der Waals surface area contributed by atoms with Crippen LogP contribution < -0.4 is 15.6 Å². The molecule has 0 amide bonds. The van der Waals surface area contributed by atoms with Crippen LogP contribution in [0.15, 0.2) is 11.0 Å². The quantitative estimate of drug-likeness (QED) is 0.704. The van der Waals surface area contributed by atoms with Crippen LogP contribution in [0.25, 0.3) is 0 Å². The number of hydrogen-bond donors (Lipinski definition) is 3. The molecule has 112 valence electrons. The van der Waals surface area contributed by atoms with Gasteiger partial charge in [-0.1, -0.05) is 19.8 Å². The summed E-state index contributed by atoms with van der Waals surface area (Å²) < 4.78 is 5.70. The normalized spacial score (nSPS) is 24.0. The van der Waals surface area contributed by atoms with E-state index < -0.39 is 17.7 Å². The highest BCUT2D eigenvalue weighted by Crippen LogP contribution is 2.37.